The lowest BCUT2D eigenvalue weighted by molar-refractivity contribution is -0.131. The van der Waals surface area contributed by atoms with Gasteiger partial charge in [-0.1, -0.05) is 62.8 Å². The van der Waals surface area contributed by atoms with E-state index in [2.05, 4.69) is 26.8 Å². The van der Waals surface area contributed by atoms with Gasteiger partial charge in [0, 0.05) is 25.6 Å². The maximum Gasteiger partial charge on any atom is 0.224 e. The molecule has 1 aromatic rings. The van der Waals surface area contributed by atoms with Gasteiger partial charge in [-0.15, -0.1) is 0 Å². The van der Waals surface area contributed by atoms with Crippen LogP contribution in [-0.4, -0.2) is 23.9 Å². The van der Waals surface area contributed by atoms with Crippen LogP contribution in [0.2, 0.25) is 0 Å². The predicted octanol–water partition coefficient (Wildman–Crippen LogP) is 3.28. The highest BCUT2D eigenvalue weighted by Gasteiger charge is 2.24. The fourth-order valence-corrected chi connectivity index (χ4v) is 2.71. The summed E-state index contributed by atoms with van der Waals surface area (Å²) in [7, 11) is 0. The number of amides is 1. The average molecular weight is 286 g/mol. The standard InChI is InChI=1S/C18H26N2O/c1-18(2,3)15-9-11-20(12-10-15)17(21)13-16(19)14-7-5-4-6-8-14/h4-9,16H,10-13,19H2,1-3H3. The molecule has 1 aliphatic rings. The maximum absolute atomic E-state index is 12.4. The van der Waals surface area contributed by atoms with Crippen molar-refractivity contribution in [3.05, 3.63) is 47.5 Å². The molecule has 114 valence electrons. The van der Waals surface area contributed by atoms with Crippen molar-refractivity contribution in [2.24, 2.45) is 11.1 Å². The van der Waals surface area contributed by atoms with Gasteiger partial charge in [0.15, 0.2) is 0 Å². The van der Waals surface area contributed by atoms with Crippen molar-refractivity contribution in [2.45, 2.75) is 39.7 Å². The third-order valence-electron chi connectivity index (χ3n) is 4.15. The summed E-state index contributed by atoms with van der Waals surface area (Å²) < 4.78 is 0. The second-order valence-electron chi connectivity index (χ2n) is 6.79. The van der Waals surface area contributed by atoms with Gasteiger partial charge in [-0.3, -0.25) is 4.79 Å². The van der Waals surface area contributed by atoms with E-state index < -0.39 is 0 Å². The van der Waals surface area contributed by atoms with Crippen LogP contribution in [-0.2, 0) is 4.79 Å². The van der Waals surface area contributed by atoms with Crippen LogP contribution in [0, 0.1) is 5.41 Å². The zero-order chi connectivity index (χ0) is 15.5. The average Bonchev–Trinajstić information content (AvgIpc) is 2.47. The summed E-state index contributed by atoms with van der Waals surface area (Å²) >= 11 is 0. The van der Waals surface area contributed by atoms with E-state index in [1.165, 1.54) is 5.57 Å². The van der Waals surface area contributed by atoms with Crippen LogP contribution in [0.25, 0.3) is 0 Å². The molecule has 0 bridgehead atoms. The van der Waals surface area contributed by atoms with Crippen LogP contribution < -0.4 is 5.73 Å². The monoisotopic (exact) mass is 286 g/mol. The van der Waals surface area contributed by atoms with E-state index in [1.807, 2.05) is 35.2 Å². The Balaban J connectivity index is 1.92. The van der Waals surface area contributed by atoms with Gasteiger partial charge >= 0.3 is 0 Å². The molecule has 0 saturated heterocycles. The van der Waals surface area contributed by atoms with Crippen LogP contribution in [0.1, 0.15) is 45.2 Å². The number of nitrogens with two attached hydrogens (primary N) is 1. The smallest absolute Gasteiger partial charge is 0.224 e. The molecule has 3 nitrogen and oxygen atoms in total. The first kappa shape index (κ1) is 15.8. The Hall–Kier alpha value is -1.61. The maximum atomic E-state index is 12.4. The number of rotatable bonds is 3. The largest absolute Gasteiger partial charge is 0.339 e. The zero-order valence-corrected chi connectivity index (χ0v) is 13.3. The molecule has 3 heteroatoms. The summed E-state index contributed by atoms with van der Waals surface area (Å²) in [6.07, 6.45) is 3.55. The Bertz CT molecular complexity index is 514. The molecule has 1 amide bonds. The SMILES string of the molecule is CC(C)(C)C1=CCN(C(=O)CC(N)c2ccccc2)CC1. The quantitative estimate of drug-likeness (QED) is 0.867. The molecule has 21 heavy (non-hydrogen) atoms. The van der Waals surface area contributed by atoms with Crippen LogP contribution in [0.15, 0.2) is 42.0 Å². The molecule has 1 aromatic carbocycles. The van der Waals surface area contributed by atoms with Crippen LogP contribution in [0.5, 0.6) is 0 Å². The minimum atomic E-state index is -0.216. The summed E-state index contributed by atoms with van der Waals surface area (Å²) in [6, 6.07) is 9.61. The molecule has 1 atom stereocenters. The van der Waals surface area contributed by atoms with Crippen molar-refractivity contribution >= 4 is 5.91 Å². The van der Waals surface area contributed by atoms with Gasteiger partial charge in [0.1, 0.15) is 0 Å². The van der Waals surface area contributed by atoms with Crippen molar-refractivity contribution in [2.75, 3.05) is 13.1 Å². The number of benzene rings is 1. The van der Waals surface area contributed by atoms with Gasteiger partial charge in [-0.05, 0) is 17.4 Å². The summed E-state index contributed by atoms with van der Waals surface area (Å²) in [6.45, 7) is 8.20. The minimum absolute atomic E-state index is 0.149. The highest BCUT2D eigenvalue weighted by molar-refractivity contribution is 5.77. The fourth-order valence-electron chi connectivity index (χ4n) is 2.71. The molecule has 0 aliphatic carbocycles. The number of carbonyl (C=O) groups is 1. The van der Waals surface area contributed by atoms with E-state index in [9.17, 15) is 4.79 Å². The molecule has 0 aromatic heterocycles. The number of nitrogens with zero attached hydrogens (tertiary/aromatic N) is 1. The lowest BCUT2D eigenvalue weighted by atomic mass is 9.83. The Morgan fingerprint density at radius 1 is 1.29 bits per heavy atom. The highest BCUT2D eigenvalue weighted by atomic mass is 16.2. The predicted molar refractivity (Wildman–Crippen MR) is 86.7 cm³/mol. The molecule has 2 N–H and O–H groups in total. The van der Waals surface area contributed by atoms with Crippen molar-refractivity contribution < 1.29 is 4.79 Å². The first-order chi connectivity index (χ1) is 9.88. The van der Waals surface area contributed by atoms with E-state index in [0.717, 1.165) is 18.5 Å². The van der Waals surface area contributed by atoms with Gasteiger partial charge in [0.2, 0.25) is 5.91 Å². The lowest BCUT2D eigenvalue weighted by Crippen LogP contribution is -2.37. The summed E-state index contributed by atoms with van der Waals surface area (Å²) in [4.78, 5) is 14.3. The molecule has 1 aliphatic heterocycles. The van der Waals surface area contributed by atoms with Crippen molar-refractivity contribution in [3.8, 4) is 0 Å². The first-order valence-electron chi connectivity index (χ1n) is 7.66. The van der Waals surface area contributed by atoms with Gasteiger partial charge in [0.25, 0.3) is 0 Å². The molecule has 2 rings (SSSR count). The fraction of sp³-hybridized carbons (Fsp3) is 0.500. The van der Waals surface area contributed by atoms with E-state index in [1.54, 1.807) is 0 Å². The van der Waals surface area contributed by atoms with Crippen LogP contribution in [0.3, 0.4) is 0 Å². The molecule has 0 saturated carbocycles. The molecule has 1 unspecified atom stereocenters. The number of hydrogen-bond acceptors (Lipinski definition) is 2. The Kier molecular flexibility index (Phi) is 4.84. The summed E-state index contributed by atoms with van der Waals surface area (Å²) in [5.74, 6) is 0.149. The lowest BCUT2D eigenvalue weighted by Gasteiger charge is -2.32. The van der Waals surface area contributed by atoms with E-state index in [-0.39, 0.29) is 17.4 Å². The van der Waals surface area contributed by atoms with Gasteiger partial charge in [-0.2, -0.15) is 0 Å². The second-order valence-corrected chi connectivity index (χ2v) is 6.79. The summed E-state index contributed by atoms with van der Waals surface area (Å²) in [5, 5.41) is 0. The molecule has 0 radical (unpaired) electrons. The number of hydrogen-bond donors (Lipinski definition) is 1. The van der Waals surface area contributed by atoms with E-state index in [0.29, 0.717) is 13.0 Å². The topological polar surface area (TPSA) is 46.3 Å². The van der Waals surface area contributed by atoms with Gasteiger partial charge in [0.05, 0.1) is 0 Å². The molecule has 0 fully saturated rings. The van der Waals surface area contributed by atoms with Crippen molar-refractivity contribution in [3.63, 3.8) is 0 Å². The molecular formula is C18H26N2O. The Labute approximate surface area is 127 Å². The zero-order valence-electron chi connectivity index (χ0n) is 13.3. The van der Waals surface area contributed by atoms with Gasteiger partial charge < -0.3 is 10.6 Å². The Morgan fingerprint density at radius 3 is 2.48 bits per heavy atom. The minimum Gasteiger partial charge on any atom is -0.339 e. The highest BCUT2D eigenvalue weighted by Crippen LogP contribution is 2.30. The molecular weight excluding hydrogens is 260 g/mol. The van der Waals surface area contributed by atoms with Gasteiger partial charge in [-0.25, -0.2) is 0 Å². The molecule has 1 heterocycles. The van der Waals surface area contributed by atoms with E-state index >= 15 is 0 Å². The normalized spacial score (nSPS) is 17.3. The third kappa shape index (κ3) is 4.18. The Morgan fingerprint density at radius 2 is 1.95 bits per heavy atom. The van der Waals surface area contributed by atoms with E-state index in [4.69, 9.17) is 5.73 Å². The van der Waals surface area contributed by atoms with Crippen molar-refractivity contribution in [1.82, 2.24) is 4.90 Å². The third-order valence-corrected chi connectivity index (χ3v) is 4.15. The second kappa shape index (κ2) is 6.44. The van der Waals surface area contributed by atoms with Crippen LogP contribution >= 0.6 is 0 Å². The first-order valence-corrected chi connectivity index (χ1v) is 7.66. The molecule has 0 spiro atoms. The van der Waals surface area contributed by atoms with Crippen LogP contribution in [0.4, 0.5) is 0 Å². The number of carbonyl (C=O) groups excluding carboxylic acids is 1. The van der Waals surface area contributed by atoms with Crippen molar-refractivity contribution in [1.29, 1.82) is 0 Å². The summed E-state index contributed by atoms with van der Waals surface area (Å²) in [5.41, 5.74) is 8.81.